The van der Waals surface area contributed by atoms with Crippen LogP contribution in [0, 0.1) is 0 Å². The first-order chi connectivity index (χ1) is 20.9. The van der Waals surface area contributed by atoms with Crippen LogP contribution >= 0.6 is 35.0 Å². The van der Waals surface area contributed by atoms with Gasteiger partial charge in [-0.15, -0.1) is 17.5 Å². The van der Waals surface area contributed by atoms with Gasteiger partial charge in [-0.05, 0) is 60.2 Å². The predicted octanol–water partition coefficient (Wildman–Crippen LogP) is 8.75. The van der Waals surface area contributed by atoms with Crippen molar-refractivity contribution in [3.05, 3.63) is 134 Å². The van der Waals surface area contributed by atoms with E-state index in [0.29, 0.717) is 33.7 Å². The minimum Gasteiger partial charge on any atom is -0.493 e. The Hall–Kier alpha value is -3.92. The summed E-state index contributed by atoms with van der Waals surface area (Å²) in [7, 11) is 0. The number of aliphatic hydroxyl groups excluding tert-OH is 1. The Morgan fingerprint density at radius 3 is 2.59 bits per heavy atom. The van der Waals surface area contributed by atoms with Crippen molar-refractivity contribution in [3.8, 4) is 5.75 Å². The first-order valence-electron chi connectivity index (χ1n) is 12.9. The van der Waals surface area contributed by atoms with E-state index in [1.165, 1.54) is 24.3 Å². The fraction of sp³-hybridized carbons (Fsp3) is 0.156. The lowest BCUT2D eigenvalue weighted by molar-refractivity contribution is -0.137. The van der Waals surface area contributed by atoms with Crippen LogP contribution in [0.15, 0.2) is 111 Å². The van der Waals surface area contributed by atoms with Crippen molar-refractivity contribution in [1.29, 1.82) is 0 Å². The summed E-state index contributed by atoms with van der Waals surface area (Å²) < 4.78 is 51.0. The Labute approximate surface area is 263 Å². The molecule has 0 aliphatic carbocycles. The van der Waals surface area contributed by atoms with E-state index in [1.807, 2.05) is 0 Å². The molecule has 0 aliphatic heterocycles. The van der Waals surface area contributed by atoms with Crippen molar-refractivity contribution in [2.75, 3.05) is 6.61 Å². The number of alkyl halides is 3. The molecular weight excluding hydrogens is 640 g/mol. The molecule has 0 saturated carbocycles. The van der Waals surface area contributed by atoms with E-state index in [4.69, 9.17) is 32.4 Å². The fourth-order valence-corrected chi connectivity index (χ4v) is 5.32. The third kappa shape index (κ3) is 8.81. The molecule has 228 valence electrons. The first kappa shape index (κ1) is 33.0. The minimum atomic E-state index is -4.59. The summed E-state index contributed by atoms with van der Waals surface area (Å²) in [6.07, 6.45) is 1.02. The highest BCUT2D eigenvalue weighted by Crippen LogP contribution is 2.37. The van der Waals surface area contributed by atoms with E-state index in [9.17, 15) is 33.0 Å². The maximum absolute atomic E-state index is 13.3. The number of thioether (sulfide) groups is 1. The maximum Gasteiger partial charge on any atom is 0.416 e. The van der Waals surface area contributed by atoms with Crippen molar-refractivity contribution in [3.63, 3.8) is 0 Å². The number of benzene rings is 3. The number of carboxylic acid groups (broad SMARTS) is 1. The SMILES string of the molecule is O=C(O)c1cc(=O)c2ccc(S[C@@H](/C=C/C=C=CCCOc3ccc(Cl)c(Cl)c3)[C@H](O)c3cccc(C(F)(F)F)c3)cc2o1. The zero-order chi connectivity index (χ0) is 31.9. The highest BCUT2D eigenvalue weighted by atomic mass is 35.5. The lowest BCUT2D eigenvalue weighted by Crippen LogP contribution is -2.14. The molecule has 0 bridgehead atoms. The number of hydrogen-bond acceptors (Lipinski definition) is 6. The Bertz CT molecular complexity index is 1810. The number of ether oxygens (including phenoxy) is 1. The molecule has 1 aromatic heterocycles. The van der Waals surface area contributed by atoms with Crippen LogP contribution in [-0.4, -0.2) is 28.0 Å². The smallest absolute Gasteiger partial charge is 0.416 e. The first-order valence-corrected chi connectivity index (χ1v) is 14.5. The number of hydrogen-bond donors (Lipinski definition) is 2. The zero-order valence-electron chi connectivity index (χ0n) is 22.6. The summed E-state index contributed by atoms with van der Waals surface area (Å²) in [6.45, 7) is 0.344. The van der Waals surface area contributed by atoms with Gasteiger partial charge in [-0.2, -0.15) is 13.2 Å². The van der Waals surface area contributed by atoms with E-state index in [2.05, 4.69) is 5.73 Å². The van der Waals surface area contributed by atoms with E-state index in [-0.39, 0.29) is 16.5 Å². The minimum absolute atomic E-state index is 0.0158. The summed E-state index contributed by atoms with van der Waals surface area (Å²) in [4.78, 5) is 24.1. The fourth-order valence-electron chi connectivity index (χ4n) is 3.94. The summed E-state index contributed by atoms with van der Waals surface area (Å²) in [5, 5.41) is 20.5. The third-order valence-electron chi connectivity index (χ3n) is 6.08. The number of carboxylic acids is 1. The number of fused-ring (bicyclic) bond motifs is 1. The van der Waals surface area contributed by atoms with Gasteiger partial charge in [0.2, 0.25) is 5.76 Å². The average Bonchev–Trinajstić information content (AvgIpc) is 2.98. The van der Waals surface area contributed by atoms with Gasteiger partial charge in [0.15, 0.2) is 5.43 Å². The molecule has 0 radical (unpaired) electrons. The van der Waals surface area contributed by atoms with Crippen molar-refractivity contribution in [2.24, 2.45) is 0 Å². The number of aromatic carboxylic acids is 1. The van der Waals surface area contributed by atoms with Gasteiger partial charge in [0.05, 0.1) is 39.0 Å². The second-order valence-corrected chi connectivity index (χ2v) is 11.3. The molecule has 1 heterocycles. The number of rotatable bonds is 11. The molecule has 4 rings (SSSR count). The molecule has 0 aliphatic rings. The van der Waals surface area contributed by atoms with Crippen LogP contribution in [0.1, 0.15) is 34.2 Å². The topological polar surface area (TPSA) is 97.0 Å². The lowest BCUT2D eigenvalue weighted by atomic mass is 10.0. The zero-order valence-corrected chi connectivity index (χ0v) is 24.9. The molecule has 0 spiro atoms. The molecule has 0 unspecified atom stereocenters. The largest absolute Gasteiger partial charge is 0.493 e. The van der Waals surface area contributed by atoms with Gasteiger partial charge in [-0.25, -0.2) is 4.79 Å². The number of allylic oxidation sites excluding steroid dienone is 1. The Morgan fingerprint density at radius 1 is 1.07 bits per heavy atom. The van der Waals surface area contributed by atoms with Crippen LogP contribution in [0.5, 0.6) is 5.75 Å². The van der Waals surface area contributed by atoms with Crippen molar-refractivity contribution in [1.82, 2.24) is 0 Å². The normalized spacial score (nSPS) is 13.0. The molecule has 2 atom stereocenters. The van der Waals surface area contributed by atoms with Crippen LogP contribution in [0.2, 0.25) is 10.0 Å². The molecular formula is C32H23Cl2F3O6S. The summed E-state index contributed by atoms with van der Waals surface area (Å²) >= 11 is 13.0. The van der Waals surface area contributed by atoms with Gasteiger partial charge in [0.25, 0.3) is 0 Å². The second-order valence-electron chi connectivity index (χ2n) is 9.22. The van der Waals surface area contributed by atoms with E-state index in [0.717, 1.165) is 30.0 Å². The molecule has 6 nitrogen and oxygen atoms in total. The van der Waals surface area contributed by atoms with Crippen LogP contribution in [0.4, 0.5) is 13.2 Å². The summed E-state index contributed by atoms with van der Waals surface area (Å²) in [5.74, 6) is -1.39. The van der Waals surface area contributed by atoms with Crippen LogP contribution in [0.3, 0.4) is 0 Å². The maximum atomic E-state index is 13.3. The van der Waals surface area contributed by atoms with Crippen LogP contribution in [-0.2, 0) is 6.18 Å². The van der Waals surface area contributed by atoms with E-state index in [1.54, 1.807) is 48.6 Å². The van der Waals surface area contributed by atoms with E-state index >= 15 is 0 Å². The van der Waals surface area contributed by atoms with Crippen molar-refractivity contribution >= 4 is 51.9 Å². The summed E-state index contributed by atoms with van der Waals surface area (Å²) in [5.41, 5.74) is 1.57. The molecule has 0 amide bonds. The molecule has 3 aromatic carbocycles. The summed E-state index contributed by atoms with van der Waals surface area (Å²) in [6, 6.07) is 14.7. The van der Waals surface area contributed by atoms with Gasteiger partial charge < -0.3 is 19.4 Å². The molecule has 44 heavy (non-hydrogen) atoms. The quantitative estimate of drug-likeness (QED) is 0.0717. The number of aliphatic hydroxyl groups is 1. The number of carbonyl (C=O) groups is 1. The van der Waals surface area contributed by atoms with Gasteiger partial charge in [-0.3, -0.25) is 4.79 Å². The Morgan fingerprint density at radius 2 is 1.86 bits per heavy atom. The van der Waals surface area contributed by atoms with Crippen molar-refractivity contribution < 1.29 is 37.3 Å². The molecule has 2 N–H and O–H groups in total. The standard InChI is InChI=1S/C32H23Cl2F3O6S/c33-24-13-10-21(16-25(24)34)42-14-5-3-1-2-4-9-29(30(39)19-7-6-8-20(15-19)32(35,36)37)44-22-11-12-23-26(38)18-28(31(40)41)43-27(23)17-22/h2-4,6-13,15-18,29-30,39H,5,14H2,(H,40,41)/b9-4+/t1?,29-,30+/m0/s1. The van der Waals surface area contributed by atoms with E-state index < -0.39 is 40.3 Å². The number of halogens is 5. The Balaban J connectivity index is 1.54. The third-order valence-corrected chi connectivity index (χ3v) is 8.04. The molecule has 12 heteroatoms. The molecule has 0 saturated heterocycles. The Kier molecular flexibility index (Phi) is 11.0. The molecule has 4 aromatic rings. The second kappa shape index (κ2) is 14.7. The monoisotopic (exact) mass is 662 g/mol. The predicted molar refractivity (Wildman–Crippen MR) is 164 cm³/mol. The molecule has 0 fully saturated rings. The average molecular weight is 663 g/mol. The van der Waals surface area contributed by atoms with Crippen LogP contribution in [0.25, 0.3) is 11.0 Å². The van der Waals surface area contributed by atoms with Gasteiger partial charge in [0.1, 0.15) is 11.3 Å². The highest BCUT2D eigenvalue weighted by molar-refractivity contribution is 8.00. The van der Waals surface area contributed by atoms with Gasteiger partial charge >= 0.3 is 12.1 Å². The highest BCUT2D eigenvalue weighted by Gasteiger charge is 2.31. The lowest BCUT2D eigenvalue weighted by Gasteiger charge is -2.21. The van der Waals surface area contributed by atoms with Gasteiger partial charge in [-0.1, -0.05) is 47.5 Å². The van der Waals surface area contributed by atoms with Gasteiger partial charge in [0, 0.05) is 23.4 Å². The van der Waals surface area contributed by atoms with Crippen LogP contribution < -0.4 is 10.2 Å². The van der Waals surface area contributed by atoms with Crippen molar-refractivity contribution in [2.45, 2.75) is 28.8 Å².